The Balaban J connectivity index is 1.72. The van der Waals surface area contributed by atoms with Crippen molar-refractivity contribution in [2.24, 2.45) is 11.8 Å². The van der Waals surface area contributed by atoms with E-state index in [0.717, 1.165) is 0 Å². The minimum absolute atomic E-state index is 0.0867. The van der Waals surface area contributed by atoms with Gasteiger partial charge in [0.05, 0.1) is 30.0 Å². The third kappa shape index (κ3) is 2.72. The lowest BCUT2D eigenvalue weighted by molar-refractivity contribution is -0.142. The van der Waals surface area contributed by atoms with Gasteiger partial charge in [0, 0.05) is 6.04 Å². The van der Waals surface area contributed by atoms with Crippen LogP contribution in [0.3, 0.4) is 0 Å². The zero-order valence-corrected chi connectivity index (χ0v) is 13.6. The Labute approximate surface area is 131 Å². The molecule has 2 aliphatic heterocycles. The monoisotopic (exact) mass is 326 g/mol. The number of rotatable bonds is 4. The average molecular weight is 326 g/mol. The SMILES string of the molecule is CCN(CN1C(=O)[C@H]2CC=CC[C@H]2C1=O)[C@@H]1CCS(=O)(=O)C1. The highest BCUT2D eigenvalue weighted by molar-refractivity contribution is 7.91. The van der Waals surface area contributed by atoms with Crippen molar-refractivity contribution in [3.05, 3.63) is 12.2 Å². The Morgan fingerprint density at radius 2 is 1.77 bits per heavy atom. The molecule has 0 radical (unpaired) electrons. The third-order valence-corrected chi connectivity index (χ3v) is 6.80. The second-order valence-electron chi connectivity index (χ2n) is 6.36. The summed E-state index contributed by atoms with van der Waals surface area (Å²) in [5, 5.41) is 0. The lowest BCUT2D eigenvalue weighted by Crippen LogP contribution is -2.46. The second kappa shape index (κ2) is 5.77. The van der Waals surface area contributed by atoms with Gasteiger partial charge in [0.25, 0.3) is 0 Å². The fourth-order valence-corrected chi connectivity index (χ4v) is 5.49. The van der Waals surface area contributed by atoms with Crippen LogP contribution in [-0.2, 0) is 19.4 Å². The molecule has 2 amide bonds. The van der Waals surface area contributed by atoms with Crippen LogP contribution >= 0.6 is 0 Å². The number of carbonyl (C=O) groups excluding carboxylic acids is 2. The first-order chi connectivity index (χ1) is 10.4. The number of nitrogens with zero attached hydrogens (tertiary/aromatic N) is 2. The lowest BCUT2D eigenvalue weighted by Gasteiger charge is -2.30. The van der Waals surface area contributed by atoms with Crippen LogP contribution in [0.15, 0.2) is 12.2 Å². The van der Waals surface area contributed by atoms with Gasteiger partial charge in [-0.2, -0.15) is 0 Å². The van der Waals surface area contributed by atoms with Crippen molar-refractivity contribution in [3.63, 3.8) is 0 Å². The number of carbonyl (C=O) groups is 2. The normalized spacial score (nSPS) is 33.7. The first-order valence-electron chi connectivity index (χ1n) is 7.87. The zero-order chi connectivity index (χ0) is 15.9. The predicted octanol–water partition coefficient (Wildman–Crippen LogP) is 0.404. The molecule has 3 aliphatic rings. The van der Waals surface area contributed by atoms with Crippen LogP contribution in [0.1, 0.15) is 26.2 Å². The van der Waals surface area contributed by atoms with Gasteiger partial charge >= 0.3 is 0 Å². The van der Waals surface area contributed by atoms with Gasteiger partial charge in [-0.1, -0.05) is 19.1 Å². The quantitative estimate of drug-likeness (QED) is 0.552. The summed E-state index contributed by atoms with van der Waals surface area (Å²) in [5.74, 6) is -0.305. The predicted molar refractivity (Wildman–Crippen MR) is 81.5 cm³/mol. The van der Waals surface area contributed by atoms with Gasteiger partial charge in [-0.15, -0.1) is 0 Å². The molecular weight excluding hydrogens is 304 g/mol. The highest BCUT2D eigenvalue weighted by Crippen LogP contribution is 2.35. The molecule has 6 nitrogen and oxygen atoms in total. The summed E-state index contributed by atoms with van der Waals surface area (Å²) in [5.41, 5.74) is 0. The summed E-state index contributed by atoms with van der Waals surface area (Å²) in [6.07, 6.45) is 5.79. The van der Waals surface area contributed by atoms with E-state index in [-0.39, 0.29) is 47.9 Å². The van der Waals surface area contributed by atoms with E-state index in [4.69, 9.17) is 0 Å². The topological polar surface area (TPSA) is 74.8 Å². The van der Waals surface area contributed by atoms with E-state index in [1.165, 1.54) is 4.90 Å². The average Bonchev–Trinajstić information content (AvgIpc) is 2.97. The van der Waals surface area contributed by atoms with E-state index >= 15 is 0 Å². The number of likely N-dealkylation sites (tertiary alicyclic amines) is 1. The summed E-state index contributed by atoms with van der Waals surface area (Å²) in [4.78, 5) is 28.2. The molecule has 2 fully saturated rings. The van der Waals surface area contributed by atoms with Gasteiger partial charge in [-0.3, -0.25) is 19.4 Å². The number of allylic oxidation sites excluding steroid dienone is 2. The first kappa shape index (κ1) is 15.7. The van der Waals surface area contributed by atoms with E-state index in [0.29, 0.717) is 25.8 Å². The van der Waals surface area contributed by atoms with Crippen molar-refractivity contribution >= 4 is 21.7 Å². The van der Waals surface area contributed by atoms with Crippen molar-refractivity contribution in [3.8, 4) is 0 Å². The number of hydrogen-bond acceptors (Lipinski definition) is 5. The van der Waals surface area contributed by atoms with Crippen molar-refractivity contribution in [1.82, 2.24) is 9.80 Å². The van der Waals surface area contributed by atoms with E-state index in [1.807, 2.05) is 24.0 Å². The molecule has 2 heterocycles. The Hall–Kier alpha value is -1.21. The molecule has 0 aromatic carbocycles. The van der Waals surface area contributed by atoms with E-state index in [2.05, 4.69) is 0 Å². The van der Waals surface area contributed by atoms with Crippen molar-refractivity contribution in [2.75, 3.05) is 24.7 Å². The number of imide groups is 1. The van der Waals surface area contributed by atoms with Crippen molar-refractivity contribution in [2.45, 2.75) is 32.2 Å². The largest absolute Gasteiger partial charge is 0.282 e. The number of hydrogen-bond donors (Lipinski definition) is 0. The molecule has 0 aromatic heterocycles. The van der Waals surface area contributed by atoms with Gasteiger partial charge in [0.2, 0.25) is 11.8 Å². The fourth-order valence-electron chi connectivity index (χ4n) is 3.73. The molecule has 7 heteroatoms. The number of sulfone groups is 1. The maximum absolute atomic E-state index is 12.5. The Kier molecular flexibility index (Phi) is 4.11. The summed E-state index contributed by atoms with van der Waals surface area (Å²) in [7, 11) is -2.97. The Morgan fingerprint density at radius 1 is 1.18 bits per heavy atom. The molecule has 122 valence electrons. The number of fused-ring (bicyclic) bond motifs is 1. The van der Waals surface area contributed by atoms with Crippen LogP contribution in [0.2, 0.25) is 0 Å². The maximum atomic E-state index is 12.5. The van der Waals surface area contributed by atoms with Gasteiger partial charge in [0.15, 0.2) is 9.84 Å². The standard InChI is InChI=1S/C15H22N2O4S/c1-2-16(11-7-8-22(20,21)9-11)10-17-14(18)12-5-3-4-6-13(12)15(17)19/h3-4,11-13H,2,5-10H2,1H3/t11-,12-,13+/m1/s1. The summed E-state index contributed by atoms with van der Waals surface area (Å²) in [6, 6.07) is -0.0867. The molecule has 0 unspecified atom stereocenters. The fraction of sp³-hybridized carbons (Fsp3) is 0.733. The first-order valence-corrected chi connectivity index (χ1v) is 9.70. The maximum Gasteiger partial charge on any atom is 0.234 e. The molecule has 0 aromatic rings. The summed E-state index contributed by atoms with van der Waals surface area (Å²) < 4.78 is 23.3. The number of amides is 2. The van der Waals surface area contributed by atoms with Crippen molar-refractivity contribution < 1.29 is 18.0 Å². The smallest absolute Gasteiger partial charge is 0.234 e. The third-order valence-electron chi connectivity index (χ3n) is 5.05. The summed E-state index contributed by atoms with van der Waals surface area (Å²) >= 11 is 0. The van der Waals surface area contributed by atoms with Crippen molar-refractivity contribution in [1.29, 1.82) is 0 Å². The minimum Gasteiger partial charge on any atom is -0.282 e. The van der Waals surface area contributed by atoms with Gasteiger partial charge < -0.3 is 0 Å². The van der Waals surface area contributed by atoms with Crippen LogP contribution in [-0.4, -0.2) is 60.8 Å². The van der Waals surface area contributed by atoms with Crippen LogP contribution in [0.5, 0.6) is 0 Å². The lowest BCUT2D eigenvalue weighted by atomic mass is 9.85. The Bertz CT molecular complexity index is 587. The Morgan fingerprint density at radius 3 is 2.23 bits per heavy atom. The van der Waals surface area contributed by atoms with E-state index in [1.54, 1.807) is 0 Å². The molecule has 3 rings (SSSR count). The van der Waals surface area contributed by atoms with Gasteiger partial charge in [-0.05, 0) is 25.8 Å². The summed E-state index contributed by atoms with van der Waals surface area (Å²) in [6.45, 7) is 2.79. The molecule has 0 spiro atoms. The van der Waals surface area contributed by atoms with E-state index < -0.39 is 9.84 Å². The highest BCUT2D eigenvalue weighted by atomic mass is 32.2. The minimum atomic E-state index is -2.97. The van der Waals surface area contributed by atoms with Crippen LogP contribution in [0.4, 0.5) is 0 Å². The molecule has 0 N–H and O–H groups in total. The van der Waals surface area contributed by atoms with E-state index in [9.17, 15) is 18.0 Å². The molecule has 22 heavy (non-hydrogen) atoms. The molecule has 0 saturated carbocycles. The van der Waals surface area contributed by atoms with Gasteiger partial charge in [0.1, 0.15) is 0 Å². The molecule has 2 saturated heterocycles. The zero-order valence-electron chi connectivity index (χ0n) is 12.8. The molecule has 3 atom stereocenters. The molecule has 1 aliphatic carbocycles. The molecule has 0 bridgehead atoms. The van der Waals surface area contributed by atoms with Crippen LogP contribution in [0, 0.1) is 11.8 Å². The second-order valence-corrected chi connectivity index (χ2v) is 8.59. The van der Waals surface area contributed by atoms with Crippen LogP contribution < -0.4 is 0 Å². The highest BCUT2D eigenvalue weighted by Gasteiger charge is 2.48. The molecular formula is C15H22N2O4S. The van der Waals surface area contributed by atoms with Gasteiger partial charge in [-0.25, -0.2) is 8.42 Å². The van der Waals surface area contributed by atoms with Crippen LogP contribution in [0.25, 0.3) is 0 Å².